The molecule has 1 aliphatic carbocycles. The molecule has 18 heavy (non-hydrogen) atoms. The van der Waals surface area contributed by atoms with Crippen LogP contribution in [0.15, 0.2) is 18.2 Å². The zero-order valence-electron chi connectivity index (χ0n) is 11.3. The van der Waals surface area contributed by atoms with Crippen LogP contribution in [0.2, 0.25) is 0 Å². The Hall–Kier alpha value is -0.930. The smallest absolute Gasteiger partial charge is 0.126 e. The molecule has 2 N–H and O–H groups in total. The van der Waals surface area contributed by atoms with Gasteiger partial charge in [-0.1, -0.05) is 12.1 Å². The Morgan fingerprint density at radius 2 is 2.17 bits per heavy atom. The molecule has 1 fully saturated rings. The predicted octanol–water partition coefficient (Wildman–Crippen LogP) is 2.87. The van der Waals surface area contributed by atoms with Crippen LogP contribution in [-0.2, 0) is 0 Å². The molecule has 1 atom stereocenters. The number of halogens is 1. The SMILES string of the molecule is Cc1ccc(C(N)CCN(C)CC2CC2)cc1F. The van der Waals surface area contributed by atoms with Gasteiger partial charge in [0.1, 0.15) is 5.82 Å². The van der Waals surface area contributed by atoms with E-state index in [1.165, 1.54) is 19.4 Å². The van der Waals surface area contributed by atoms with Crippen LogP contribution in [0, 0.1) is 18.7 Å². The van der Waals surface area contributed by atoms with E-state index in [0.29, 0.717) is 5.56 Å². The van der Waals surface area contributed by atoms with E-state index in [0.717, 1.165) is 24.4 Å². The summed E-state index contributed by atoms with van der Waals surface area (Å²) in [6.45, 7) is 3.93. The van der Waals surface area contributed by atoms with E-state index in [-0.39, 0.29) is 11.9 Å². The quantitative estimate of drug-likeness (QED) is 0.841. The highest BCUT2D eigenvalue weighted by Crippen LogP contribution is 2.29. The first-order chi connectivity index (χ1) is 8.56. The normalized spacial score (nSPS) is 17.2. The summed E-state index contributed by atoms with van der Waals surface area (Å²) in [4.78, 5) is 2.34. The molecule has 1 saturated carbocycles. The molecule has 0 aliphatic heterocycles. The number of nitrogens with two attached hydrogens (primary N) is 1. The maximum absolute atomic E-state index is 13.5. The van der Waals surface area contributed by atoms with Gasteiger partial charge in [0.15, 0.2) is 0 Å². The van der Waals surface area contributed by atoms with Crippen molar-refractivity contribution in [1.29, 1.82) is 0 Å². The fraction of sp³-hybridized carbons (Fsp3) is 0.600. The average molecular weight is 250 g/mol. The Morgan fingerprint density at radius 1 is 1.44 bits per heavy atom. The lowest BCUT2D eigenvalue weighted by molar-refractivity contribution is 0.306. The summed E-state index contributed by atoms with van der Waals surface area (Å²) >= 11 is 0. The lowest BCUT2D eigenvalue weighted by Gasteiger charge is -2.19. The molecule has 0 radical (unpaired) electrons. The summed E-state index contributed by atoms with van der Waals surface area (Å²) in [7, 11) is 2.14. The first-order valence-corrected chi connectivity index (χ1v) is 6.76. The Morgan fingerprint density at radius 3 is 2.78 bits per heavy atom. The number of hydrogen-bond acceptors (Lipinski definition) is 2. The summed E-state index contributed by atoms with van der Waals surface area (Å²) in [6.07, 6.45) is 3.63. The fourth-order valence-electron chi connectivity index (χ4n) is 2.20. The zero-order valence-corrected chi connectivity index (χ0v) is 11.3. The molecule has 2 rings (SSSR count). The van der Waals surface area contributed by atoms with E-state index < -0.39 is 0 Å². The molecule has 0 aromatic heterocycles. The van der Waals surface area contributed by atoms with Crippen LogP contribution < -0.4 is 5.73 Å². The lowest BCUT2D eigenvalue weighted by Crippen LogP contribution is -2.25. The van der Waals surface area contributed by atoms with Gasteiger partial charge in [0.25, 0.3) is 0 Å². The lowest BCUT2D eigenvalue weighted by atomic mass is 10.0. The van der Waals surface area contributed by atoms with Crippen molar-refractivity contribution in [2.24, 2.45) is 11.7 Å². The van der Waals surface area contributed by atoms with Crippen molar-refractivity contribution in [2.75, 3.05) is 20.1 Å². The van der Waals surface area contributed by atoms with Crippen LogP contribution in [0.4, 0.5) is 4.39 Å². The second-order valence-corrected chi connectivity index (χ2v) is 5.61. The van der Waals surface area contributed by atoms with E-state index in [1.807, 2.05) is 6.07 Å². The third kappa shape index (κ3) is 3.79. The second kappa shape index (κ2) is 5.81. The standard InChI is InChI=1S/C15H23FN2/c1-11-3-6-13(9-14(11)16)15(17)7-8-18(2)10-12-4-5-12/h3,6,9,12,15H,4-5,7-8,10,17H2,1-2H3. The number of benzene rings is 1. The molecule has 0 saturated heterocycles. The Balaban J connectivity index is 1.82. The maximum atomic E-state index is 13.5. The highest BCUT2D eigenvalue weighted by molar-refractivity contribution is 5.25. The van der Waals surface area contributed by atoms with Gasteiger partial charge in [0.2, 0.25) is 0 Å². The Labute approximate surface area is 109 Å². The van der Waals surface area contributed by atoms with Gasteiger partial charge in [-0.3, -0.25) is 0 Å². The van der Waals surface area contributed by atoms with Gasteiger partial charge in [-0.05, 0) is 62.9 Å². The molecule has 1 aromatic rings. The summed E-state index contributed by atoms with van der Waals surface area (Å²) < 4.78 is 13.5. The van der Waals surface area contributed by atoms with Crippen molar-refractivity contribution < 1.29 is 4.39 Å². The highest BCUT2D eigenvalue weighted by Gasteiger charge is 2.22. The minimum Gasteiger partial charge on any atom is -0.324 e. The van der Waals surface area contributed by atoms with Crippen LogP contribution in [-0.4, -0.2) is 25.0 Å². The molecular formula is C15H23FN2. The predicted molar refractivity (Wildman–Crippen MR) is 72.9 cm³/mol. The highest BCUT2D eigenvalue weighted by atomic mass is 19.1. The van der Waals surface area contributed by atoms with Gasteiger partial charge in [0.05, 0.1) is 0 Å². The second-order valence-electron chi connectivity index (χ2n) is 5.61. The molecule has 0 heterocycles. The molecule has 0 spiro atoms. The maximum Gasteiger partial charge on any atom is 0.126 e. The molecule has 1 unspecified atom stereocenters. The summed E-state index contributed by atoms with van der Waals surface area (Å²) in [5.74, 6) is 0.748. The van der Waals surface area contributed by atoms with Crippen molar-refractivity contribution >= 4 is 0 Å². The van der Waals surface area contributed by atoms with Crippen molar-refractivity contribution in [3.8, 4) is 0 Å². The van der Waals surface area contributed by atoms with Crippen LogP contribution >= 0.6 is 0 Å². The van der Waals surface area contributed by atoms with Crippen molar-refractivity contribution in [3.05, 3.63) is 35.1 Å². The third-order valence-corrected chi connectivity index (χ3v) is 3.71. The molecule has 1 aliphatic rings. The molecule has 0 amide bonds. The van der Waals surface area contributed by atoms with Gasteiger partial charge >= 0.3 is 0 Å². The van der Waals surface area contributed by atoms with Crippen molar-refractivity contribution in [1.82, 2.24) is 4.90 Å². The topological polar surface area (TPSA) is 29.3 Å². The summed E-state index contributed by atoms with van der Waals surface area (Å²) in [6, 6.07) is 5.24. The Kier molecular flexibility index (Phi) is 4.36. The number of aryl methyl sites for hydroxylation is 1. The van der Waals surface area contributed by atoms with Gasteiger partial charge in [-0.2, -0.15) is 0 Å². The minimum absolute atomic E-state index is 0.0678. The third-order valence-electron chi connectivity index (χ3n) is 3.71. The molecule has 1 aromatic carbocycles. The largest absolute Gasteiger partial charge is 0.324 e. The van der Waals surface area contributed by atoms with Gasteiger partial charge in [-0.25, -0.2) is 4.39 Å². The van der Waals surface area contributed by atoms with Crippen LogP contribution in [0.25, 0.3) is 0 Å². The van der Waals surface area contributed by atoms with E-state index >= 15 is 0 Å². The van der Waals surface area contributed by atoms with E-state index in [4.69, 9.17) is 5.73 Å². The van der Waals surface area contributed by atoms with Gasteiger partial charge < -0.3 is 10.6 Å². The summed E-state index contributed by atoms with van der Waals surface area (Å²) in [5, 5.41) is 0. The van der Waals surface area contributed by atoms with E-state index in [2.05, 4.69) is 11.9 Å². The minimum atomic E-state index is -0.158. The molecule has 2 nitrogen and oxygen atoms in total. The zero-order chi connectivity index (χ0) is 13.1. The van der Waals surface area contributed by atoms with E-state index in [1.54, 1.807) is 19.1 Å². The summed E-state index contributed by atoms with van der Waals surface area (Å²) in [5.41, 5.74) is 7.69. The Bertz CT molecular complexity index is 401. The average Bonchev–Trinajstić information content (AvgIpc) is 3.13. The number of nitrogens with zero attached hydrogens (tertiary/aromatic N) is 1. The van der Waals surface area contributed by atoms with Crippen LogP contribution in [0.1, 0.15) is 36.4 Å². The van der Waals surface area contributed by atoms with Gasteiger partial charge in [0, 0.05) is 12.6 Å². The number of hydrogen-bond donors (Lipinski definition) is 1. The van der Waals surface area contributed by atoms with Crippen LogP contribution in [0.5, 0.6) is 0 Å². The molecule has 3 heteroatoms. The van der Waals surface area contributed by atoms with Crippen molar-refractivity contribution in [3.63, 3.8) is 0 Å². The molecular weight excluding hydrogens is 227 g/mol. The van der Waals surface area contributed by atoms with Gasteiger partial charge in [-0.15, -0.1) is 0 Å². The molecule has 0 bridgehead atoms. The van der Waals surface area contributed by atoms with Crippen LogP contribution in [0.3, 0.4) is 0 Å². The first-order valence-electron chi connectivity index (χ1n) is 6.76. The fourth-order valence-corrected chi connectivity index (χ4v) is 2.20. The first kappa shape index (κ1) is 13.5. The van der Waals surface area contributed by atoms with E-state index in [9.17, 15) is 4.39 Å². The number of rotatable bonds is 6. The molecule has 100 valence electrons. The monoisotopic (exact) mass is 250 g/mol. The van der Waals surface area contributed by atoms with Crippen molar-refractivity contribution in [2.45, 2.75) is 32.2 Å².